The first kappa shape index (κ1) is 14.8. The molecule has 5 nitrogen and oxygen atoms in total. The van der Waals surface area contributed by atoms with Gasteiger partial charge in [-0.05, 0) is 13.8 Å². The van der Waals surface area contributed by atoms with E-state index in [0.29, 0.717) is 12.3 Å². The van der Waals surface area contributed by atoms with Gasteiger partial charge in [0, 0.05) is 30.9 Å². The molecular weight excluding hydrogens is 262 g/mol. The Hall–Kier alpha value is -0.270. The molecule has 1 saturated heterocycles. The van der Waals surface area contributed by atoms with E-state index in [-0.39, 0.29) is 6.54 Å². The maximum Gasteiger partial charge on any atom is 0.310 e. The Balaban J connectivity index is 2.84. The number of carboxylic acid groups (broad SMARTS) is 1. The Kier molecular flexibility index (Phi) is 4.49. The average molecular weight is 281 g/mol. The lowest BCUT2D eigenvalue weighted by molar-refractivity contribution is -0.148. The molecule has 0 aliphatic carbocycles. The van der Waals surface area contributed by atoms with Gasteiger partial charge in [-0.3, -0.25) is 9.69 Å². The van der Waals surface area contributed by atoms with Crippen LogP contribution in [0, 0.1) is 5.41 Å². The number of rotatable bonds is 4. The molecule has 1 fully saturated rings. The summed E-state index contributed by atoms with van der Waals surface area (Å²) >= 11 is 1.60. The molecule has 0 amide bonds. The Morgan fingerprint density at radius 1 is 1.53 bits per heavy atom. The highest BCUT2D eigenvalue weighted by atomic mass is 32.2. The topological polar surface area (TPSA) is 74.7 Å². The van der Waals surface area contributed by atoms with Gasteiger partial charge in [0.05, 0.1) is 5.41 Å². The van der Waals surface area contributed by atoms with Crippen LogP contribution in [0.2, 0.25) is 0 Å². The first-order valence-electron chi connectivity index (χ1n) is 5.38. The van der Waals surface area contributed by atoms with E-state index in [1.54, 1.807) is 30.5 Å². The second kappa shape index (κ2) is 5.16. The molecule has 1 atom stereocenters. The molecule has 1 rings (SSSR count). The van der Waals surface area contributed by atoms with E-state index in [1.165, 1.54) is 6.26 Å². The van der Waals surface area contributed by atoms with E-state index < -0.39 is 26.6 Å². The molecule has 1 aliphatic rings. The summed E-state index contributed by atoms with van der Waals surface area (Å²) in [6, 6.07) is 0. The van der Waals surface area contributed by atoms with Crippen molar-refractivity contribution in [3.63, 3.8) is 0 Å². The van der Waals surface area contributed by atoms with Crippen molar-refractivity contribution in [1.82, 2.24) is 4.90 Å². The van der Waals surface area contributed by atoms with Gasteiger partial charge in [0.1, 0.15) is 5.37 Å². The number of aliphatic carboxylic acids is 1. The first-order valence-corrected chi connectivity index (χ1v) is 8.49. The maximum absolute atomic E-state index is 11.6. The van der Waals surface area contributed by atoms with Crippen LogP contribution < -0.4 is 0 Å². The summed E-state index contributed by atoms with van der Waals surface area (Å²) in [7, 11) is -3.16. The average Bonchev–Trinajstić information content (AvgIpc) is 2.15. The Morgan fingerprint density at radius 3 is 2.59 bits per heavy atom. The molecule has 0 bridgehead atoms. The predicted octanol–water partition coefficient (Wildman–Crippen LogP) is 0.517. The molecule has 100 valence electrons. The van der Waals surface area contributed by atoms with E-state index in [1.807, 2.05) is 0 Å². The third-order valence-electron chi connectivity index (χ3n) is 2.86. The molecule has 7 heteroatoms. The number of hydrogen-bond acceptors (Lipinski definition) is 5. The molecule has 1 N–H and O–H groups in total. The van der Waals surface area contributed by atoms with Gasteiger partial charge in [-0.2, -0.15) is 11.8 Å². The number of thioether (sulfide) groups is 1. The van der Waals surface area contributed by atoms with E-state index in [9.17, 15) is 13.2 Å². The zero-order valence-electron chi connectivity index (χ0n) is 10.3. The second-order valence-corrected chi connectivity index (χ2v) is 8.37. The van der Waals surface area contributed by atoms with Crippen molar-refractivity contribution in [1.29, 1.82) is 0 Å². The van der Waals surface area contributed by atoms with Crippen LogP contribution in [0.4, 0.5) is 0 Å². The summed E-state index contributed by atoms with van der Waals surface area (Å²) in [5.74, 6) is 0.471. The monoisotopic (exact) mass is 281 g/mol. The zero-order valence-corrected chi connectivity index (χ0v) is 12.0. The summed E-state index contributed by atoms with van der Waals surface area (Å²) in [5.41, 5.74) is -0.926. The summed E-state index contributed by atoms with van der Waals surface area (Å²) in [6.45, 7) is 4.13. The van der Waals surface area contributed by atoms with E-state index in [4.69, 9.17) is 5.11 Å². The minimum absolute atomic E-state index is 0.265. The number of carboxylic acids is 1. The Morgan fingerprint density at radius 2 is 2.12 bits per heavy atom. The van der Waals surface area contributed by atoms with E-state index in [0.717, 1.165) is 5.75 Å². The van der Waals surface area contributed by atoms with Gasteiger partial charge in [-0.15, -0.1) is 0 Å². The zero-order chi connectivity index (χ0) is 13.3. The fraction of sp³-hybridized carbons (Fsp3) is 0.900. The third-order valence-corrected chi connectivity index (χ3v) is 5.55. The molecule has 1 heterocycles. The first-order chi connectivity index (χ1) is 7.64. The van der Waals surface area contributed by atoms with Crippen molar-refractivity contribution in [3.05, 3.63) is 0 Å². The summed E-state index contributed by atoms with van der Waals surface area (Å²) < 4.78 is 23.3. The van der Waals surface area contributed by atoms with Crippen molar-refractivity contribution in [3.8, 4) is 0 Å². The van der Waals surface area contributed by atoms with Crippen molar-refractivity contribution >= 4 is 27.6 Å². The van der Waals surface area contributed by atoms with Gasteiger partial charge < -0.3 is 5.11 Å². The lowest BCUT2D eigenvalue weighted by Crippen LogP contribution is -2.51. The van der Waals surface area contributed by atoms with Crippen LogP contribution in [0.3, 0.4) is 0 Å². The van der Waals surface area contributed by atoms with Gasteiger partial charge in [0.2, 0.25) is 0 Å². The number of nitrogens with zero attached hydrogens (tertiary/aromatic N) is 1. The molecule has 17 heavy (non-hydrogen) atoms. The van der Waals surface area contributed by atoms with Crippen LogP contribution in [0.1, 0.15) is 13.8 Å². The largest absolute Gasteiger partial charge is 0.481 e. The molecule has 1 unspecified atom stereocenters. The fourth-order valence-corrected chi connectivity index (χ4v) is 4.71. The van der Waals surface area contributed by atoms with E-state index in [2.05, 4.69) is 0 Å². The molecule has 0 saturated carbocycles. The van der Waals surface area contributed by atoms with Crippen LogP contribution >= 0.6 is 11.8 Å². The SMILES string of the molecule is CC(C)(CN1CCSCC1S(C)(=O)=O)C(=O)O. The summed E-state index contributed by atoms with van der Waals surface area (Å²) in [6.07, 6.45) is 1.21. The van der Waals surface area contributed by atoms with E-state index >= 15 is 0 Å². The molecule has 0 aromatic carbocycles. The van der Waals surface area contributed by atoms with Crippen LogP contribution in [-0.2, 0) is 14.6 Å². The predicted molar refractivity (Wildman–Crippen MR) is 68.9 cm³/mol. The molecule has 1 aliphatic heterocycles. The number of hydrogen-bond donors (Lipinski definition) is 1. The van der Waals surface area contributed by atoms with Gasteiger partial charge in [0.25, 0.3) is 0 Å². The lowest BCUT2D eigenvalue weighted by Gasteiger charge is -2.37. The molecule has 0 spiro atoms. The quantitative estimate of drug-likeness (QED) is 0.809. The lowest BCUT2D eigenvalue weighted by atomic mass is 9.93. The highest BCUT2D eigenvalue weighted by Crippen LogP contribution is 2.25. The highest BCUT2D eigenvalue weighted by Gasteiger charge is 2.37. The van der Waals surface area contributed by atoms with Gasteiger partial charge >= 0.3 is 5.97 Å². The van der Waals surface area contributed by atoms with Gasteiger partial charge in [-0.25, -0.2) is 8.42 Å². The van der Waals surface area contributed by atoms with Crippen LogP contribution in [0.5, 0.6) is 0 Å². The minimum Gasteiger partial charge on any atom is -0.481 e. The van der Waals surface area contributed by atoms with Crippen molar-refractivity contribution in [2.45, 2.75) is 19.2 Å². The van der Waals surface area contributed by atoms with Crippen LogP contribution in [-0.4, -0.2) is 60.6 Å². The van der Waals surface area contributed by atoms with Crippen LogP contribution in [0.25, 0.3) is 0 Å². The summed E-state index contributed by atoms with van der Waals surface area (Å²) in [4.78, 5) is 12.8. The number of sulfone groups is 1. The molecule has 0 radical (unpaired) electrons. The normalized spacial score (nSPS) is 23.6. The highest BCUT2D eigenvalue weighted by molar-refractivity contribution is 8.00. The maximum atomic E-state index is 11.6. The Bertz CT molecular complexity index is 391. The Labute approximate surface area is 106 Å². The van der Waals surface area contributed by atoms with Crippen LogP contribution in [0.15, 0.2) is 0 Å². The molecule has 0 aromatic rings. The fourth-order valence-electron chi connectivity index (χ4n) is 1.77. The van der Waals surface area contributed by atoms with Crippen molar-refractivity contribution < 1.29 is 18.3 Å². The van der Waals surface area contributed by atoms with Gasteiger partial charge in [-0.1, -0.05) is 0 Å². The minimum atomic E-state index is -3.16. The second-order valence-electron chi connectivity index (χ2n) is 5.02. The third kappa shape index (κ3) is 3.86. The smallest absolute Gasteiger partial charge is 0.310 e. The van der Waals surface area contributed by atoms with Gasteiger partial charge in [0.15, 0.2) is 9.84 Å². The molecule has 0 aromatic heterocycles. The standard InChI is InChI=1S/C10H19NO4S2/c1-10(2,9(12)13)7-11-4-5-16-6-8(11)17(3,14)15/h8H,4-7H2,1-3H3,(H,12,13). The van der Waals surface area contributed by atoms with Crippen molar-refractivity contribution in [2.24, 2.45) is 5.41 Å². The number of carbonyl (C=O) groups is 1. The van der Waals surface area contributed by atoms with Crippen molar-refractivity contribution in [2.75, 3.05) is 30.9 Å². The summed E-state index contributed by atoms with van der Waals surface area (Å²) in [5, 5.41) is 8.52. The molecular formula is C10H19NO4S2.